The second-order valence-corrected chi connectivity index (χ2v) is 3.10. The van der Waals surface area contributed by atoms with Crippen LogP contribution in [0.1, 0.15) is 18.1 Å². The van der Waals surface area contributed by atoms with E-state index in [2.05, 4.69) is 0 Å². The van der Waals surface area contributed by atoms with Crippen LogP contribution in [0.15, 0.2) is 12.1 Å². The van der Waals surface area contributed by atoms with E-state index in [1.165, 1.54) is 7.11 Å². The molecule has 0 radical (unpaired) electrons. The summed E-state index contributed by atoms with van der Waals surface area (Å²) < 4.78 is 30.6. The Hall–Kier alpha value is -1.20. The van der Waals surface area contributed by atoms with Crippen LogP contribution >= 0.6 is 0 Å². The number of benzene rings is 1. The second kappa shape index (κ2) is 5.04. The SMILES string of the molecule is COc1cc(F)c(F)cc1[C@H](O)CCN. The normalized spacial score (nSPS) is 12.6. The van der Waals surface area contributed by atoms with Gasteiger partial charge in [0, 0.05) is 11.6 Å². The molecule has 84 valence electrons. The number of ether oxygens (including phenoxy) is 1. The molecular formula is C10H13F2NO2. The molecule has 0 fully saturated rings. The van der Waals surface area contributed by atoms with Gasteiger partial charge >= 0.3 is 0 Å². The lowest BCUT2D eigenvalue weighted by molar-refractivity contribution is 0.165. The van der Waals surface area contributed by atoms with E-state index < -0.39 is 17.7 Å². The highest BCUT2D eigenvalue weighted by Crippen LogP contribution is 2.29. The number of halogens is 2. The Bertz CT molecular complexity index is 344. The van der Waals surface area contributed by atoms with Gasteiger partial charge in [0.2, 0.25) is 0 Å². The molecule has 3 nitrogen and oxygen atoms in total. The van der Waals surface area contributed by atoms with E-state index in [4.69, 9.17) is 10.5 Å². The van der Waals surface area contributed by atoms with Gasteiger partial charge in [-0.25, -0.2) is 8.78 Å². The van der Waals surface area contributed by atoms with Crippen molar-refractivity contribution in [3.8, 4) is 5.75 Å². The minimum Gasteiger partial charge on any atom is -0.496 e. The maximum Gasteiger partial charge on any atom is 0.162 e. The molecule has 0 saturated carbocycles. The van der Waals surface area contributed by atoms with Crippen molar-refractivity contribution in [1.29, 1.82) is 0 Å². The first-order valence-corrected chi connectivity index (χ1v) is 4.51. The molecule has 0 saturated heterocycles. The highest BCUT2D eigenvalue weighted by molar-refractivity contribution is 5.36. The zero-order valence-corrected chi connectivity index (χ0v) is 8.34. The Morgan fingerprint density at radius 3 is 2.53 bits per heavy atom. The van der Waals surface area contributed by atoms with Crippen molar-refractivity contribution < 1.29 is 18.6 Å². The number of aliphatic hydroxyl groups excluding tert-OH is 1. The minimum atomic E-state index is -1.01. The van der Waals surface area contributed by atoms with Crippen molar-refractivity contribution in [2.75, 3.05) is 13.7 Å². The van der Waals surface area contributed by atoms with Crippen LogP contribution in [0.2, 0.25) is 0 Å². The van der Waals surface area contributed by atoms with Gasteiger partial charge in [0.15, 0.2) is 11.6 Å². The number of hydrogen-bond donors (Lipinski definition) is 2. The molecular weight excluding hydrogens is 204 g/mol. The molecule has 0 amide bonds. The summed E-state index contributed by atoms with van der Waals surface area (Å²) in [7, 11) is 1.32. The highest BCUT2D eigenvalue weighted by Gasteiger charge is 2.16. The van der Waals surface area contributed by atoms with Crippen molar-refractivity contribution in [2.24, 2.45) is 5.73 Å². The molecule has 0 aliphatic rings. The van der Waals surface area contributed by atoms with Crippen LogP contribution in [-0.2, 0) is 0 Å². The topological polar surface area (TPSA) is 55.5 Å². The first-order valence-electron chi connectivity index (χ1n) is 4.51. The lowest BCUT2D eigenvalue weighted by Crippen LogP contribution is -2.08. The van der Waals surface area contributed by atoms with Gasteiger partial charge < -0.3 is 15.6 Å². The van der Waals surface area contributed by atoms with Crippen molar-refractivity contribution in [2.45, 2.75) is 12.5 Å². The summed E-state index contributed by atoms with van der Waals surface area (Å²) in [5.41, 5.74) is 5.47. The molecule has 0 aliphatic heterocycles. The molecule has 1 rings (SSSR count). The molecule has 15 heavy (non-hydrogen) atoms. The minimum absolute atomic E-state index is 0.120. The zero-order chi connectivity index (χ0) is 11.4. The van der Waals surface area contributed by atoms with Gasteiger partial charge in [0.1, 0.15) is 5.75 Å². The van der Waals surface area contributed by atoms with E-state index in [1.807, 2.05) is 0 Å². The molecule has 0 aromatic heterocycles. The van der Waals surface area contributed by atoms with Gasteiger partial charge in [-0.3, -0.25) is 0 Å². The average Bonchev–Trinajstić information content (AvgIpc) is 2.21. The lowest BCUT2D eigenvalue weighted by atomic mass is 10.1. The van der Waals surface area contributed by atoms with Crippen molar-refractivity contribution in [3.63, 3.8) is 0 Å². The number of nitrogens with two attached hydrogens (primary N) is 1. The molecule has 3 N–H and O–H groups in total. The summed E-state index contributed by atoms with van der Waals surface area (Å²) in [4.78, 5) is 0. The Balaban J connectivity index is 3.09. The number of aliphatic hydroxyl groups is 1. The zero-order valence-electron chi connectivity index (χ0n) is 8.34. The van der Waals surface area contributed by atoms with E-state index in [-0.39, 0.29) is 24.3 Å². The third-order valence-corrected chi connectivity index (χ3v) is 2.07. The number of rotatable bonds is 4. The molecule has 0 unspecified atom stereocenters. The molecule has 0 aliphatic carbocycles. The fourth-order valence-electron chi connectivity index (χ4n) is 1.29. The van der Waals surface area contributed by atoms with Crippen molar-refractivity contribution >= 4 is 0 Å². The van der Waals surface area contributed by atoms with E-state index in [0.29, 0.717) is 0 Å². The van der Waals surface area contributed by atoms with Gasteiger partial charge in [0.05, 0.1) is 13.2 Å². The Kier molecular flexibility index (Phi) is 3.99. The fourth-order valence-corrected chi connectivity index (χ4v) is 1.29. The Morgan fingerprint density at radius 2 is 2.00 bits per heavy atom. The third kappa shape index (κ3) is 2.64. The maximum atomic E-state index is 12.9. The van der Waals surface area contributed by atoms with E-state index in [1.54, 1.807) is 0 Å². The van der Waals surface area contributed by atoms with Crippen LogP contribution < -0.4 is 10.5 Å². The van der Waals surface area contributed by atoms with Gasteiger partial charge in [-0.05, 0) is 19.0 Å². The fraction of sp³-hybridized carbons (Fsp3) is 0.400. The number of methoxy groups -OCH3 is 1. The maximum absolute atomic E-state index is 12.9. The monoisotopic (exact) mass is 217 g/mol. The largest absolute Gasteiger partial charge is 0.496 e. The smallest absolute Gasteiger partial charge is 0.162 e. The molecule has 5 heteroatoms. The van der Waals surface area contributed by atoms with Crippen molar-refractivity contribution in [1.82, 2.24) is 0 Å². The van der Waals surface area contributed by atoms with E-state index >= 15 is 0 Å². The van der Waals surface area contributed by atoms with Gasteiger partial charge in [-0.15, -0.1) is 0 Å². The summed E-state index contributed by atoms with van der Waals surface area (Å²) in [6.07, 6.45) is -0.679. The number of hydrogen-bond acceptors (Lipinski definition) is 3. The van der Waals surface area contributed by atoms with Crippen LogP contribution in [0.3, 0.4) is 0 Å². The van der Waals surface area contributed by atoms with E-state index in [0.717, 1.165) is 12.1 Å². The Labute approximate surface area is 86.5 Å². The van der Waals surface area contributed by atoms with Crippen LogP contribution in [-0.4, -0.2) is 18.8 Å². The Morgan fingerprint density at radius 1 is 1.40 bits per heavy atom. The summed E-state index contributed by atoms with van der Waals surface area (Å²) in [5.74, 6) is -1.90. The second-order valence-electron chi connectivity index (χ2n) is 3.10. The summed E-state index contributed by atoms with van der Waals surface area (Å²) in [6, 6.07) is 1.83. The standard InChI is InChI=1S/C10H13F2NO2/c1-15-10-5-8(12)7(11)4-6(10)9(14)2-3-13/h4-5,9,14H,2-3,13H2,1H3/t9-/m1/s1. The molecule has 0 bridgehead atoms. The predicted molar refractivity (Wildman–Crippen MR) is 51.5 cm³/mol. The van der Waals surface area contributed by atoms with Crippen molar-refractivity contribution in [3.05, 3.63) is 29.3 Å². The lowest BCUT2D eigenvalue weighted by Gasteiger charge is -2.14. The first-order chi connectivity index (χ1) is 7.10. The summed E-state index contributed by atoms with van der Waals surface area (Å²) >= 11 is 0. The molecule has 1 atom stereocenters. The molecule has 0 spiro atoms. The molecule has 1 aromatic carbocycles. The molecule has 0 heterocycles. The highest BCUT2D eigenvalue weighted by atomic mass is 19.2. The van der Waals surface area contributed by atoms with Gasteiger partial charge in [0.25, 0.3) is 0 Å². The third-order valence-electron chi connectivity index (χ3n) is 2.07. The van der Waals surface area contributed by atoms with Crippen LogP contribution in [0.5, 0.6) is 5.75 Å². The van der Waals surface area contributed by atoms with E-state index in [9.17, 15) is 13.9 Å². The quantitative estimate of drug-likeness (QED) is 0.800. The predicted octanol–water partition coefficient (Wildman–Crippen LogP) is 1.36. The van der Waals surface area contributed by atoms with Crippen LogP contribution in [0.25, 0.3) is 0 Å². The first kappa shape index (κ1) is 11.9. The van der Waals surface area contributed by atoms with Crippen LogP contribution in [0, 0.1) is 11.6 Å². The summed E-state index contributed by atoms with van der Waals surface area (Å²) in [5, 5.41) is 9.60. The van der Waals surface area contributed by atoms with Gasteiger partial charge in [-0.2, -0.15) is 0 Å². The average molecular weight is 217 g/mol. The summed E-state index contributed by atoms with van der Waals surface area (Å²) in [6.45, 7) is 0.253. The van der Waals surface area contributed by atoms with Crippen LogP contribution in [0.4, 0.5) is 8.78 Å². The van der Waals surface area contributed by atoms with Gasteiger partial charge in [-0.1, -0.05) is 0 Å². The molecule has 1 aromatic rings.